The van der Waals surface area contributed by atoms with Crippen LogP contribution in [0.25, 0.3) is 0 Å². The fourth-order valence-corrected chi connectivity index (χ4v) is 2.13. The maximum Gasteiger partial charge on any atom is 0.0991 e. The van der Waals surface area contributed by atoms with E-state index in [9.17, 15) is 15.3 Å². The molecule has 18 heavy (non-hydrogen) atoms. The van der Waals surface area contributed by atoms with Crippen LogP contribution in [-0.4, -0.2) is 52.1 Å². The van der Waals surface area contributed by atoms with Gasteiger partial charge in [-0.3, -0.25) is 4.90 Å². The van der Waals surface area contributed by atoms with Gasteiger partial charge in [0, 0.05) is 19.6 Å². The lowest BCUT2D eigenvalue weighted by molar-refractivity contribution is 0.0572. The number of β-amino-alcohol motifs (C(OH)–C–C–N with tert-alkyl or cyclic N) is 3. The summed E-state index contributed by atoms with van der Waals surface area (Å²) in [7, 11) is 0. The fourth-order valence-electron chi connectivity index (χ4n) is 2.13. The predicted molar refractivity (Wildman–Crippen MR) is 64.6 cm³/mol. The summed E-state index contributed by atoms with van der Waals surface area (Å²) < 4.78 is 0. The molecular formula is C13H16N2O3. The number of hydrogen-bond acceptors (Lipinski definition) is 5. The maximum atomic E-state index is 10.0. The third-order valence-electron chi connectivity index (χ3n) is 3.19. The van der Waals surface area contributed by atoms with Gasteiger partial charge < -0.3 is 15.3 Å². The lowest BCUT2D eigenvalue weighted by Gasteiger charge is -2.19. The molecule has 0 bridgehead atoms. The minimum atomic E-state index is -0.738. The van der Waals surface area contributed by atoms with E-state index in [0.717, 1.165) is 5.56 Å². The van der Waals surface area contributed by atoms with Gasteiger partial charge in [-0.1, -0.05) is 12.1 Å². The van der Waals surface area contributed by atoms with Crippen molar-refractivity contribution in [1.29, 1.82) is 5.26 Å². The minimum Gasteiger partial charge on any atom is -0.389 e. The van der Waals surface area contributed by atoms with Gasteiger partial charge in [0.05, 0.1) is 29.9 Å². The van der Waals surface area contributed by atoms with Crippen LogP contribution in [0, 0.1) is 11.3 Å². The molecule has 2 rings (SSSR count). The summed E-state index contributed by atoms with van der Waals surface area (Å²) in [5.74, 6) is 0. The molecular weight excluding hydrogens is 232 g/mol. The minimum absolute atomic E-state index is 0.361. The maximum absolute atomic E-state index is 10.0. The van der Waals surface area contributed by atoms with Crippen LogP contribution >= 0.6 is 0 Å². The highest BCUT2D eigenvalue weighted by Crippen LogP contribution is 2.18. The van der Waals surface area contributed by atoms with Crippen LogP contribution in [0.2, 0.25) is 0 Å². The molecule has 1 heterocycles. The molecule has 0 aliphatic carbocycles. The standard InChI is InChI=1S/C13H16N2O3/c14-5-9-1-3-10(4-2-9)11(16)6-15-7-12(17)13(18)8-15/h1-4,11-13,16-18H,6-8H2/t11?,12-,13-/m1/s1. The van der Waals surface area contributed by atoms with E-state index in [1.54, 1.807) is 24.3 Å². The molecule has 0 aromatic heterocycles. The molecule has 5 nitrogen and oxygen atoms in total. The Morgan fingerprint density at radius 1 is 1.22 bits per heavy atom. The zero-order valence-electron chi connectivity index (χ0n) is 9.90. The summed E-state index contributed by atoms with van der Waals surface area (Å²) in [5.41, 5.74) is 1.28. The second-order valence-corrected chi connectivity index (χ2v) is 4.60. The van der Waals surface area contributed by atoms with Crippen molar-refractivity contribution < 1.29 is 15.3 Å². The highest BCUT2D eigenvalue weighted by atomic mass is 16.3. The van der Waals surface area contributed by atoms with E-state index in [1.165, 1.54) is 0 Å². The van der Waals surface area contributed by atoms with Crippen LogP contribution < -0.4 is 0 Å². The summed E-state index contributed by atoms with van der Waals surface area (Å²) in [5, 5.41) is 37.5. The predicted octanol–water partition coefficient (Wildman–Crippen LogP) is -0.371. The average molecular weight is 248 g/mol. The molecule has 0 amide bonds. The molecule has 0 saturated carbocycles. The molecule has 0 radical (unpaired) electrons. The Hall–Kier alpha value is -1.45. The van der Waals surface area contributed by atoms with Gasteiger partial charge in [0.1, 0.15) is 0 Å². The molecule has 1 fully saturated rings. The first kappa shape index (κ1) is 13.0. The second-order valence-electron chi connectivity index (χ2n) is 4.60. The van der Waals surface area contributed by atoms with Gasteiger partial charge in [-0.2, -0.15) is 5.26 Å². The monoisotopic (exact) mass is 248 g/mol. The van der Waals surface area contributed by atoms with Crippen molar-refractivity contribution in [3.05, 3.63) is 35.4 Å². The summed E-state index contributed by atoms with van der Waals surface area (Å²) in [6.45, 7) is 1.10. The zero-order valence-corrected chi connectivity index (χ0v) is 9.90. The van der Waals surface area contributed by atoms with Gasteiger partial charge in [-0.15, -0.1) is 0 Å². The Morgan fingerprint density at radius 3 is 2.28 bits per heavy atom. The van der Waals surface area contributed by atoms with Crippen LogP contribution in [0.3, 0.4) is 0 Å². The second kappa shape index (κ2) is 5.46. The molecule has 96 valence electrons. The average Bonchev–Trinajstić information content (AvgIpc) is 2.68. The molecule has 0 spiro atoms. The van der Waals surface area contributed by atoms with E-state index in [4.69, 9.17) is 5.26 Å². The van der Waals surface area contributed by atoms with Crippen molar-refractivity contribution in [2.24, 2.45) is 0 Å². The van der Waals surface area contributed by atoms with Crippen molar-refractivity contribution >= 4 is 0 Å². The molecule has 3 atom stereocenters. The SMILES string of the molecule is N#Cc1ccc(C(O)CN2C[C@@H](O)[C@H](O)C2)cc1. The van der Waals surface area contributed by atoms with E-state index in [1.807, 2.05) is 11.0 Å². The molecule has 1 aromatic rings. The first-order valence-corrected chi connectivity index (χ1v) is 5.87. The highest BCUT2D eigenvalue weighted by Gasteiger charge is 2.30. The lowest BCUT2D eigenvalue weighted by Crippen LogP contribution is -2.27. The zero-order chi connectivity index (χ0) is 13.1. The number of hydrogen-bond donors (Lipinski definition) is 3. The Bertz CT molecular complexity index is 431. The van der Waals surface area contributed by atoms with Gasteiger partial charge in [0.25, 0.3) is 0 Å². The number of nitrogens with zero attached hydrogens (tertiary/aromatic N) is 2. The van der Waals surface area contributed by atoms with Gasteiger partial charge >= 0.3 is 0 Å². The highest BCUT2D eigenvalue weighted by molar-refractivity contribution is 5.32. The lowest BCUT2D eigenvalue weighted by atomic mass is 10.1. The number of nitriles is 1. The molecule has 3 N–H and O–H groups in total. The first-order chi connectivity index (χ1) is 8.60. The van der Waals surface area contributed by atoms with Gasteiger partial charge in [0.2, 0.25) is 0 Å². The van der Waals surface area contributed by atoms with E-state index < -0.39 is 18.3 Å². The summed E-state index contributed by atoms with van der Waals surface area (Å²) in [6, 6.07) is 8.77. The van der Waals surface area contributed by atoms with Crippen molar-refractivity contribution in [2.75, 3.05) is 19.6 Å². The van der Waals surface area contributed by atoms with Crippen LogP contribution in [0.5, 0.6) is 0 Å². The number of likely N-dealkylation sites (tertiary alicyclic amines) is 1. The Morgan fingerprint density at radius 2 is 1.78 bits per heavy atom. The molecule has 5 heteroatoms. The van der Waals surface area contributed by atoms with Crippen LogP contribution in [0.1, 0.15) is 17.2 Å². The van der Waals surface area contributed by atoms with E-state index >= 15 is 0 Å². The molecule has 1 saturated heterocycles. The number of aliphatic hydroxyl groups excluding tert-OH is 3. The summed E-state index contributed by atoms with van der Waals surface area (Å²) in [4.78, 5) is 1.82. The normalized spacial score (nSPS) is 25.9. The van der Waals surface area contributed by atoms with Crippen molar-refractivity contribution in [3.8, 4) is 6.07 Å². The van der Waals surface area contributed by atoms with Crippen molar-refractivity contribution in [2.45, 2.75) is 18.3 Å². The first-order valence-electron chi connectivity index (χ1n) is 5.87. The largest absolute Gasteiger partial charge is 0.389 e. The van der Waals surface area contributed by atoms with Crippen LogP contribution in [0.15, 0.2) is 24.3 Å². The molecule has 1 aliphatic rings. The molecule has 1 aromatic carbocycles. The Kier molecular flexibility index (Phi) is 3.94. The summed E-state index contributed by atoms with van der Waals surface area (Å²) >= 11 is 0. The summed E-state index contributed by atoms with van der Waals surface area (Å²) in [6.07, 6.45) is -2.16. The van der Waals surface area contributed by atoms with Crippen LogP contribution in [0.4, 0.5) is 0 Å². The third-order valence-corrected chi connectivity index (χ3v) is 3.19. The fraction of sp³-hybridized carbons (Fsp3) is 0.462. The number of rotatable bonds is 3. The quantitative estimate of drug-likeness (QED) is 0.679. The van der Waals surface area contributed by atoms with E-state index in [2.05, 4.69) is 0 Å². The molecule has 1 unspecified atom stereocenters. The number of aliphatic hydroxyl groups is 3. The smallest absolute Gasteiger partial charge is 0.0991 e. The van der Waals surface area contributed by atoms with E-state index in [-0.39, 0.29) is 0 Å². The molecule has 1 aliphatic heterocycles. The van der Waals surface area contributed by atoms with Crippen molar-refractivity contribution in [3.63, 3.8) is 0 Å². The Balaban J connectivity index is 1.95. The van der Waals surface area contributed by atoms with Crippen LogP contribution in [-0.2, 0) is 0 Å². The number of benzene rings is 1. The van der Waals surface area contributed by atoms with Gasteiger partial charge in [-0.25, -0.2) is 0 Å². The van der Waals surface area contributed by atoms with Gasteiger partial charge in [-0.05, 0) is 17.7 Å². The van der Waals surface area contributed by atoms with Crippen molar-refractivity contribution in [1.82, 2.24) is 4.90 Å². The Labute approximate surface area is 106 Å². The van der Waals surface area contributed by atoms with Gasteiger partial charge in [0.15, 0.2) is 0 Å². The third kappa shape index (κ3) is 2.86. The van der Waals surface area contributed by atoms with E-state index in [0.29, 0.717) is 25.2 Å². The topological polar surface area (TPSA) is 87.7 Å².